The molecule has 0 aliphatic rings. The molecule has 1 atom stereocenters. The largest absolute Gasteiger partial charge is 0.481 e. The topological polar surface area (TPSA) is 83.6 Å². The highest BCUT2D eigenvalue weighted by molar-refractivity contribution is 5.76. The van der Waals surface area contributed by atoms with Crippen LogP contribution in [0.2, 0.25) is 0 Å². The molecule has 5 nitrogen and oxygen atoms in total. The molecule has 0 radical (unpaired) electrons. The van der Waals surface area contributed by atoms with Crippen molar-refractivity contribution in [2.75, 3.05) is 20.3 Å². The first-order chi connectivity index (χ1) is 17.1. The number of hydrogen-bond donors (Lipinski definition) is 2. The molecule has 0 fully saturated rings. The Bertz CT molecular complexity index is 463. The van der Waals surface area contributed by atoms with Gasteiger partial charge in [-0.15, -0.1) is 0 Å². The van der Waals surface area contributed by atoms with Gasteiger partial charge in [-0.2, -0.15) is 0 Å². The van der Waals surface area contributed by atoms with E-state index in [1.807, 2.05) is 0 Å². The zero-order valence-electron chi connectivity index (χ0n) is 23.5. The van der Waals surface area contributed by atoms with Crippen molar-refractivity contribution in [3.8, 4) is 0 Å². The summed E-state index contributed by atoms with van der Waals surface area (Å²) in [5.41, 5.74) is 5.57. The van der Waals surface area contributed by atoms with Crippen LogP contribution < -0.4 is 5.73 Å². The molecule has 0 aromatic carbocycles. The van der Waals surface area contributed by atoms with Crippen LogP contribution >= 0.6 is 0 Å². The maximum Gasteiger partial charge on any atom is 0.303 e. The van der Waals surface area contributed by atoms with E-state index in [1.165, 1.54) is 70.6 Å². The van der Waals surface area contributed by atoms with Gasteiger partial charge in [0.25, 0.3) is 0 Å². The van der Waals surface area contributed by atoms with E-state index in [1.54, 1.807) is 0 Å². The molecule has 6 heteroatoms. The van der Waals surface area contributed by atoms with Gasteiger partial charge in [0.1, 0.15) is 0 Å². The Hall–Kier alpha value is -1.17. The predicted molar refractivity (Wildman–Crippen MR) is 148 cm³/mol. The van der Waals surface area contributed by atoms with Crippen LogP contribution in [-0.2, 0) is 9.59 Å². The van der Waals surface area contributed by atoms with Crippen molar-refractivity contribution in [1.29, 1.82) is 0 Å². The number of alkyl halides is 1. The van der Waals surface area contributed by atoms with E-state index in [4.69, 9.17) is 10.8 Å². The van der Waals surface area contributed by atoms with Gasteiger partial charge >= 0.3 is 5.97 Å². The number of aliphatic carboxylic acids is 1. The molecule has 1 unspecified atom stereocenters. The molecule has 0 aromatic heterocycles. The SMILES string of the molecule is CCCCCCCCC(CCCCCCCCC(=O)O)N(CC)C(=O)CCCCCCCN.CF. The molecular weight excluding hydrogens is 443 g/mol. The number of halogens is 1. The van der Waals surface area contributed by atoms with E-state index in [0.717, 1.165) is 64.5 Å². The average Bonchev–Trinajstić information content (AvgIpc) is 2.86. The van der Waals surface area contributed by atoms with Gasteiger partial charge in [0.2, 0.25) is 5.91 Å². The standard InChI is InChI=1S/C28H56N2O3.CH3F/c1-3-5-6-7-11-16-21-26(22-17-12-8-9-14-19-24-28(32)33)30(4-2)27(31)23-18-13-10-15-20-25-29;1-2/h26H,3-25,29H2,1-2H3,(H,32,33);1H3. The summed E-state index contributed by atoms with van der Waals surface area (Å²) in [6.07, 6.45) is 23.1. The van der Waals surface area contributed by atoms with Crippen molar-refractivity contribution >= 4 is 11.9 Å². The molecule has 3 N–H and O–H groups in total. The molecule has 0 spiro atoms. The van der Waals surface area contributed by atoms with E-state index in [0.29, 0.717) is 32.0 Å². The third kappa shape index (κ3) is 24.3. The number of carboxylic acid groups (broad SMARTS) is 1. The second-order valence-electron chi connectivity index (χ2n) is 9.75. The van der Waals surface area contributed by atoms with Gasteiger partial charge in [0.05, 0.1) is 7.18 Å². The number of amides is 1. The third-order valence-electron chi connectivity index (χ3n) is 6.77. The highest BCUT2D eigenvalue weighted by Crippen LogP contribution is 2.20. The van der Waals surface area contributed by atoms with Crippen molar-refractivity contribution in [2.24, 2.45) is 5.73 Å². The first-order valence-corrected chi connectivity index (χ1v) is 14.7. The molecule has 35 heavy (non-hydrogen) atoms. The molecule has 0 saturated carbocycles. The Morgan fingerprint density at radius 3 is 1.57 bits per heavy atom. The molecule has 0 saturated heterocycles. The summed E-state index contributed by atoms with van der Waals surface area (Å²) in [7, 11) is 0.500. The molecule has 210 valence electrons. The number of carbonyl (C=O) groups excluding carboxylic acids is 1. The zero-order chi connectivity index (χ0) is 26.6. The highest BCUT2D eigenvalue weighted by Gasteiger charge is 2.21. The van der Waals surface area contributed by atoms with Crippen LogP contribution in [0.3, 0.4) is 0 Å². The Balaban J connectivity index is 0. The van der Waals surface area contributed by atoms with E-state index in [-0.39, 0.29) is 0 Å². The van der Waals surface area contributed by atoms with Crippen molar-refractivity contribution in [3.63, 3.8) is 0 Å². The lowest BCUT2D eigenvalue weighted by atomic mass is 9.98. The number of nitrogens with two attached hydrogens (primary N) is 1. The smallest absolute Gasteiger partial charge is 0.303 e. The Kier molecular flexibility index (Phi) is 29.9. The quantitative estimate of drug-likeness (QED) is 0.124. The Morgan fingerprint density at radius 1 is 0.686 bits per heavy atom. The number of hydrogen-bond acceptors (Lipinski definition) is 3. The molecule has 0 rings (SSSR count). The van der Waals surface area contributed by atoms with Crippen molar-refractivity contribution in [3.05, 3.63) is 0 Å². The van der Waals surface area contributed by atoms with Gasteiger partial charge in [-0.05, 0) is 45.6 Å². The van der Waals surface area contributed by atoms with Gasteiger partial charge in [-0.1, -0.05) is 96.8 Å². The average molecular weight is 503 g/mol. The van der Waals surface area contributed by atoms with E-state index >= 15 is 0 Å². The van der Waals surface area contributed by atoms with Gasteiger partial charge < -0.3 is 15.7 Å². The summed E-state index contributed by atoms with van der Waals surface area (Å²) < 4.78 is 9.50. The van der Waals surface area contributed by atoms with Crippen LogP contribution in [0, 0.1) is 0 Å². The maximum atomic E-state index is 13.0. The van der Waals surface area contributed by atoms with Gasteiger partial charge in [-0.25, -0.2) is 0 Å². The molecule has 1 amide bonds. The molecule has 0 aromatic rings. The fourth-order valence-corrected chi connectivity index (χ4v) is 4.71. The lowest BCUT2D eigenvalue weighted by molar-refractivity contribution is -0.137. The predicted octanol–water partition coefficient (Wildman–Crippen LogP) is 8.04. The number of unbranched alkanes of at least 4 members (excludes halogenated alkanes) is 14. The van der Waals surface area contributed by atoms with E-state index in [2.05, 4.69) is 18.7 Å². The van der Waals surface area contributed by atoms with Crippen LogP contribution in [0.25, 0.3) is 0 Å². The third-order valence-corrected chi connectivity index (χ3v) is 6.77. The minimum absolute atomic E-state index is 0.293. The first-order valence-electron chi connectivity index (χ1n) is 14.7. The summed E-state index contributed by atoms with van der Waals surface area (Å²) in [6, 6.07) is 0.387. The molecule has 0 aliphatic carbocycles. The Labute approximate surface area is 216 Å². The second kappa shape index (κ2) is 29.1. The fraction of sp³-hybridized carbons (Fsp3) is 0.931. The van der Waals surface area contributed by atoms with Gasteiger partial charge in [0, 0.05) is 25.4 Å². The van der Waals surface area contributed by atoms with Crippen LogP contribution in [0.4, 0.5) is 4.39 Å². The molecule has 0 bridgehead atoms. The lowest BCUT2D eigenvalue weighted by Crippen LogP contribution is -2.40. The highest BCUT2D eigenvalue weighted by atomic mass is 19.1. The molecule has 0 aliphatic heterocycles. The summed E-state index contributed by atoms with van der Waals surface area (Å²) >= 11 is 0. The minimum Gasteiger partial charge on any atom is -0.481 e. The number of nitrogens with zero attached hydrogens (tertiary/aromatic N) is 1. The number of carbonyl (C=O) groups is 2. The van der Waals surface area contributed by atoms with Gasteiger partial charge in [0.15, 0.2) is 0 Å². The summed E-state index contributed by atoms with van der Waals surface area (Å²) in [5.74, 6) is -0.339. The van der Waals surface area contributed by atoms with E-state index < -0.39 is 5.97 Å². The summed E-state index contributed by atoms with van der Waals surface area (Å²) in [5, 5.41) is 8.73. The zero-order valence-corrected chi connectivity index (χ0v) is 23.5. The van der Waals surface area contributed by atoms with Crippen LogP contribution in [0.1, 0.15) is 149 Å². The first kappa shape index (κ1) is 36.0. The summed E-state index contributed by atoms with van der Waals surface area (Å²) in [4.78, 5) is 25.8. The van der Waals surface area contributed by atoms with E-state index in [9.17, 15) is 14.0 Å². The van der Waals surface area contributed by atoms with Gasteiger partial charge in [-0.3, -0.25) is 14.0 Å². The lowest BCUT2D eigenvalue weighted by Gasteiger charge is -2.31. The monoisotopic (exact) mass is 502 g/mol. The molecule has 0 heterocycles. The van der Waals surface area contributed by atoms with Crippen LogP contribution in [-0.4, -0.2) is 48.2 Å². The summed E-state index contributed by atoms with van der Waals surface area (Å²) in [6.45, 7) is 5.98. The van der Waals surface area contributed by atoms with Crippen LogP contribution in [0.15, 0.2) is 0 Å². The number of carboxylic acids is 1. The normalized spacial score (nSPS) is 11.6. The Morgan fingerprint density at radius 2 is 1.11 bits per heavy atom. The van der Waals surface area contributed by atoms with Crippen LogP contribution in [0.5, 0.6) is 0 Å². The van der Waals surface area contributed by atoms with Crippen molar-refractivity contribution in [2.45, 2.75) is 155 Å². The second-order valence-corrected chi connectivity index (χ2v) is 9.75. The van der Waals surface area contributed by atoms with Crippen molar-refractivity contribution < 1.29 is 19.1 Å². The number of rotatable bonds is 25. The fourth-order valence-electron chi connectivity index (χ4n) is 4.71. The maximum absolute atomic E-state index is 13.0. The minimum atomic E-state index is -0.688. The van der Waals surface area contributed by atoms with Crippen molar-refractivity contribution in [1.82, 2.24) is 4.90 Å². The molecular formula is C29H59FN2O3.